The summed E-state index contributed by atoms with van der Waals surface area (Å²) < 4.78 is 5.27. The van der Waals surface area contributed by atoms with Gasteiger partial charge in [-0.3, -0.25) is 9.69 Å². The van der Waals surface area contributed by atoms with Gasteiger partial charge in [-0.25, -0.2) is 4.98 Å². The van der Waals surface area contributed by atoms with Crippen LogP contribution in [0.25, 0.3) is 0 Å². The van der Waals surface area contributed by atoms with E-state index in [2.05, 4.69) is 15.2 Å². The maximum Gasteiger partial charge on any atom is 0.220 e. The van der Waals surface area contributed by atoms with Gasteiger partial charge in [-0.1, -0.05) is 0 Å². The Morgan fingerprint density at radius 2 is 2.32 bits per heavy atom. The smallest absolute Gasteiger partial charge is 0.220 e. The number of hydrogen-bond acceptors (Lipinski definition) is 6. The Balaban J connectivity index is 1.56. The summed E-state index contributed by atoms with van der Waals surface area (Å²) in [5.41, 5.74) is 6.43. The van der Waals surface area contributed by atoms with Gasteiger partial charge >= 0.3 is 0 Å². The summed E-state index contributed by atoms with van der Waals surface area (Å²) >= 11 is 1.41. The standard InChI is InChI=1S/C12H20N4O2S/c13-12-15-10(9-19-12)1-2-11(17)14-3-4-16-5-7-18-8-6-16/h9H,1-8H2,(H2,13,15)(H,14,17). The third kappa shape index (κ3) is 5.14. The molecule has 0 bridgehead atoms. The van der Waals surface area contributed by atoms with Gasteiger partial charge in [0.1, 0.15) is 0 Å². The molecular formula is C12H20N4O2S. The number of ether oxygens (including phenoxy) is 1. The van der Waals surface area contributed by atoms with Crippen molar-refractivity contribution in [1.82, 2.24) is 15.2 Å². The molecule has 0 aliphatic carbocycles. The minimum atomic E-state index is 0.0693. The van der Waals surface area contributed by atoms with Crippen LogP contribution in [0.15, 0.2) is 5.38 Å². The number of amides is 1. The van der Waals surface area contributed by atoms with Crippen LogP contribution in [-0.2, 0) is 16.0 Å². The van der Waals surface area contributed by atoms with Gasteiger partial charge in [0.25, 0.3) is 0 Å². The highest BCUT2D eigenvalue weighted by molar-refractivity contribution is 7.13. The number of nitrogens with zero attached hydrogens (tertiary/aromatic N) is 2. The molecule has 1 saturated heterocycles. The minimum Gasteiger partial charge on any atom is -0.379 e. The fourth-order valence-electron chi connectivity index (χ4n) is 1.95. The third-order valence-corrected chi connectivity index (χ3v) is 3.75. The lowest BCUT2D eigenvalue weighted by molar-refractivity contribution is -0.121. The van der Waals surface area contributed by atoms with Gasteiger partial charge < -0.3 is 15.8 Å². The number of aromatic nitrogens is 1. The van der Waals surface area contributed by atoms with Crippen LogP contribution in [0.3, 0.4) is 0 Å². The van der Waals surface area contributed by atoms with Gasteiger partial charge in [-0.15, -0.1) is 11.3 Å². The Kier molecular flexibility index (Phi) is 5.56. The molecule has 2 rings (SSSR count). The van der Waals surface area contributed by atoms with Gasteiger partial charge in [0, 0.05) is 38.0 Å². The Morgan fingerprint density at radius 3 is 3.00 bits per heavy atom. The highest BCUT2D eigenvalue weighted by Gasteiger charge is 2.10. The molecule has 0 radical (unpaired) electrons. The SMILES string of the molecule is Nc1nc(CCC(=O)NCCN2CCOCC2)cs1. The van der Waals surface area contributed by atoms with Gasteiger partial charge in [-0.2, -0.15) is 0 Å². The van der Waals surface area contributed by atoms with Crippen molar-refractivity contribution in [2.24, 2.45) is 0 Å². The number of morpholine rings is 1. The number of rotatable bonds is 6. The first-order valence-corrected chi connectivity index (χ1v) is 7.38. The fraction of sp³-hybridized carbons (Fsp3) is 0.667. The molecule has 1 fully saturated rings. The molecule has 106 valence electrons. The van der Waals surface area contributed by atoms with Crippen molar-refractivity contribution in [3.8, 4) is 0 Å². The lowest BCUT2D eigenvalue weighted by atomic mass is 10.2. The van der Waals surface area contributed by atoms with E-state index in [9.17, 15) is 4.79 Å². The molecule has 1 aliphatic rings. The average Bonchev–Trinajstić information content (AvgIpc) is 2.83. The van der Waals surface area contributed by atoms with Crippen molar-refractivity contribution in [3.63, 3.8) is 0 Å². The van der Waals surface area contributed by atoms with E-state index in [4.69, 9.17) is 10.5 Å². The molecule has 0 unspecified atom stereocenters. The molecule has 1 aliphatic heterocycles. The summed E-state index contributed by atoms with van der Waals surface area (Å²) in [5, 5.41) is 5.39. The zero-order valence-corrected chi connectivity index (χ0v) is 11.7. The first-order valence-electron chi connectivity index (χ1n) is 6.51. The summed E-state index contributed by atoms with van der Waals surface area (Å²) in [6, 6.07) is 0. The highest BCUT2D eigenvalue weighted by atomic mass is 32.1. The molecule has 19 heavy (non-hydrogen) atoms. The van der Waals surface area contributed by atoms with Crippen molar-refractivity contribution in [3.05, 3.63) is 11.1 Å². The molecule has 6 nitrogen and oxygen atoms in total. The van der Waals surface area contributed by atoms with Crippen LogP contribution >= 0.6 is 11.3 Å². The van der Waals surface area contributed by atoms with E-state index in [1.165, 1.54) is 11.3 Å². The van der Waals surface area contributed by atoms with E-state index < -0.39 is 0 Å². The van der Waals surface area contributed by atoms with E-state index >= 15 is 0 Å². The predicted octanol–water partition coefficient (Wildman–Crippen LogP) is 0.106. The molecule has 0 spiro atoms. The van der Waals surface area contributed by atoms with Crippen molar-refractivity contribution >= 4 is 22.4 Å². The van der Waals surface area contributed by atoms with E-state index in [0.29, 0.717) is 24.5 Å². The number of carbonyl (C=O) groups excluding carboxylic acids is 1. The molecule has 2 heterocycles. The van der Waals surface area contributed by atoms with E-state index in [-0.39, 0.29) is 5.91 Å². The van der Waals surface area contributed by atoms with Crippen LogP contribution in [-0.4, -0.2) is 55.2 Å². The molecule has 1 amide bonds. The average molecular weight is 284 g/mol. The lowest BCUT2D eigenvalue weighted by Gasteiger charge is -2.26. The normalized spacial score (nSPS) is 16.4. The second kappa shape index (κ2) is 7.42. The molecule has 0 saturated carbocycles. The minimum absolute atomic E-state index is 0.0693. The van der Waals surface area contributed by atoms with Crippen LogP contribution in [0.1, 0.15) is 12.1 Å². The zero-order chi connectivity index (χ0) is 13.5. The van der Waals surface area contributed by atoms with E-state index in [1.807, 2.05) is 5.38 Å². The van der Waals surface area contributed by atoms with Gasteiger partial charge in [0.05, 0.1) is 18.9 Å². The summed E-state index contributed by atoms with van der Waals surface area (Å²) in [4.78, 5) is 18.1. The Bertz CT molecular complexity index is 404. The number of thiazole rings is 1. The van der Waals surface area contributed by atoms with Gasteiger partial charge in [0.2, 0.25) is 5.91 Å². The quantitative estimate of drug-likeness (QED) is 0.775. The van der Waals surface area contributed by atoms with Gasteiger partial charge in [-0.05, 0) is 6.42 Å². The summed E-state index contributed by atoms with van der Waals surface area (Å²) in [6.07, 6.45) is 1.11. The van der Waals surface area contributed by atoms with Crippen LogP contribution in [0.2, 0.25) is 0 Å². The number of nitrogen functional groups attached to an aromatic ring is 1. The van der Waals surface area contributed by atoms with E-state index in [1.54, 1.807) is 0 Å². The summed E-state index contributed by atoms with van der Waals surface area (Å²) in [5.74, 6) is 0.0693. The van der Waals surface area contributed by atoms with Crippen LogP contribution in [0.5, 0.6) is 0 Å². The first-order chi connectivity index (χ1) is 9.24. The highest BCUT2D eigenvalue weighted by Crippen LogP contribution is 2.12. The molecule has 0 aromatic carbocycles. The zero-order valence-electron chi connectivity index (χ0n) is 10.9. The van der Waals surface area contributed by atoms with Crippen molar-refractivity contribution in [2.45, 2.75) is 12.8 Å². The third-order valence-electron chi connectivity index (χ3n) is 3.03. The molecular weight excluding hydrogens is 264 g/mol. The number of anilines is 1. The number of carbonyl (C=O) groups is 1. The maximum absolute atomic E-state index is 11.7. The predicted molar refractivity (Wildman–Crippen MR) is 75.1 cm³/mol. The van der Waals surface area contributed by atoms with Crippen LogP contribution < -0.4 is 11.1 Å². The molecule has 0 atom stereocenters. The number of nitrogens with one attached hydrogen (secondary N) is 1. The summed E-state index contributed by atoms with van der Waals surface area (Å²) in [7, 11) is 0. The fourth-order valence-corrected chi connectivity index (χ4v) is 2.54. The Hall–Kier alpha value is -1.18. The molecule has 1 aromatic heterocycles. The van der Waals surface area contributed by atoms with Crippen molar-refractivity contribution in [1.29, 1.82) is 0 Å². The van der Waals surface area contributed by atoms with Crippen LogP contribution in [0, 0.1) is 0 Å². The second-order valence-corrected chi connectivity index (χ2v) is 5.37. The maximum atomic E-state index is 11.7. The molecule has 1 aromatic rings. The summed E-state index contributed by atoms with van der Waals surface area (Å²) in [6.45, 7) is 5.07. The molecule has 3 N–H and O–H groups in total. The molecule has 7 heteroatoms. The van der Waals surface area contributed by atoms with E-state index in [0.717, 1.165) is 38.5 Å². The van der Waals surface area contributed by atoms with Crippen molar-refractivity contribution < 1.29 is 9.53 Å². The number of aryl methyl sites for hydroxylation is 1. The van der Waals surface area contributed by atoms with Crippen LogP contribution in [0.4, 0.5) is 5.13 Å². The monoisotopic (exact) mass is 284 g/mol. The van der Waals surface area contributed by atoms with Gasteiger partial charge in [0.15, 0.2) is 5.13 Å². The Labute approximate surface area is 116 Å². The lowest BCUT2D eigenvalue weighted by Crippen LogP contribution is -2.41. The largest absolute Gasteiger partial charge is 0.379 e. The topological polar surface area (TPSA) is 80.5 Å². The second-order valence-electron chi connectivity index (χ2n) is 4.48. The first kappa shape index (κ1) is 14.2. The van der Waals surface area contributed by atoms with Crippen molar-refractivity contribution in [2.75, 3.05) is 45.1 Å². The number of nitrogens with two attached hydrogens (primary N) is 1. The Morgan fingerprint density at radius 1 is 1.53 bits per heavy atom. The number of hydrogen-bond donors (Lipinski definition) is 2.